The lowest BCUT2D eigenvalue weighted by Gasteiger charge is -2.04. The summed E-state index contributed by atoms with van der Waals surface area (Å²) in [7, 11) is 0. The second kappa shape index (κ2) is 8.07. The summed E-state index contributed by atoms with van der Waals surface area (Å²) in [4.78, 5) is 24.8. The van der Waals surface area contributed by atoms with Gasteiger partial charge in [-0.15, -0.1) is 28.1 Å². The van der Waals surface area contributed by atoms with Gasteiger partial charge in [0.2, 0.25) is 5.91 Å². The zero-order valence-electron chi connectivity index (χ0n) is 13.0. The minimum absolute atomic E-state index is 0.0416. The Balaban J connectivity index is 1.95. The number of Topliss-reactive ketones (excluding diaryl/α,β-unsaturated/α-hetero) is 1. The molecule has 0 aliphatic carbocycles. The van der Waals surface area contributed by atoms with Crippen molar-refractivity contribution in [2.45, 2.75) is 32.1 Å². The molecule has 0 unspecified atom stereocenters. The molecule has 6 nitrogen and oxygen atoms in total. The molecule has 0 aliphatic rings. The number of aryl methyl sites for hydroxylation is 1. The van der Waals surface area contributed by atoms with Crippen molar-refractivity contribution >= 4 is 34.8 Å². The number of ketones is 1. The number of allylic oxidation sites excluding steroid dienone is 1. The van der Waals surface area contributed by atoms with Crippen LogP contribution in [-0.2, 0) is 17.9 Å². The van der Waals surface area contributed by atoms with Crippen LogP contribution in [0.3, 0.4) is 0 Å². The Morgan fingerprint density at radius 2 is 2.22 bits per heavy atom. The molecule has 2 aromatic heterocycles. The average Bonchev–Trinajstić information content (AvgIpc) is 3.12. The molecule has 0 fully saturated rings. The summed E-state index contributed by atoms with van der Waals surface area (Å²) in [5, 5.41) is 11.5. The van der Waals surface area contributed by atoms with E-state index < -0.39 is 0 Å². The highest BCUT2D eigenvalue weighted by Gasteiger charge is 2.14. The van der Waals surface area contributed by atoms with Gasteiger partial charge in [0, 0.05) is 18.3 Å². The van der Waals surface area contributed by atoms with Crippen molar-refractivity contribution in [3.63, 3.8) is 0 Å². The average molecular weight is 350 g/mol. The summed E-state index contributed by atoms with van der Waals surface area (Å²) in [6.07, 6.45) is 1.77. The first-order chi connectivity index (χ1) is 11.0. The van der Waals surface area contributed by atoms with Crippen LogP contribution in [0.1, 0.15) is 27.3 Å². The Hall–Kier alpha value is -1.93. The van der Waals surface area contributed by atoms with Gasteiger partial charge in [0.1, 0.15) is 5.82 Å². The normalized spacial score (nSPS) is 10.5. The van der Waals surface area contributed by atoms with Crippen molar-refractivity contribution in [2.75, 3.05) is 5.75 Å². The van der Waals surface area contributed by atoms with Crippen LogP contribution in [0, 0.1) is 6.92 Å². The van der Waals surface area contributed by atoms with E-state index in [1.54, 1.807) is 12.1 Å². The molecular weight excluding hydrogens is 332 g/mol. The fourth-order valence-electron chi connectivity index (χ4n) is 1.84. The van der Waals surface area contributed by atoms with Crippen LogP contribution in [0.15, 0.2) is 29.9 Å². The second-order valence-corrected chi connectivity index (χ2v) is 6.93. The van der Waals surface area contributed by atoms with Crippen LogP contribution in [0.25, 0.3) is 0 Å². The molecule has 0 aliphatic heterocycles. The standard InChI is InChI=1S/C15H18N4O2S2/c1-4-7-19-10(2)17-18-15(19)22-9-13(21)14-6-5-12(23-14)8-16-11(3)20/h4-6H,1,7-9H2,2-3H3,(H,16,20). The fourth-order valence-corrected chi connectivity index (χ4v) is 3.70. The molecule has 1 N–H and O–H groups in total. The van der Waals surface area contributed by atoms with E-state index in [9.17, 15) is 9.59 Å². The van der Waals surface area contributed by atoms with Gasteiger partial charge in [-0.25, -0.2) is 0 Å². The Morgan fingerprint density at radius 3 is 2.91 bits per heavy atom. The molecule has 2 heterocycles. The molecule has 0 saturated carbocycles. The topological polar surface area (TPSA) is 76.9 Å². The number of rotatable bonds is 8. The van der Waals surface area contributed by atoms with Crippen molar-refractivity contribution in [3.05, 3.63) is 40.4 Å². The van der Waals surface area contributed by atoms with E-state index >= 15 is 0 Å². The summed E-state index contributed by atoms with van der Waals surface area (Å²) < 4.78 is 1.92. The van der Waals surface area contributed by atoms with Gasteiger partial charge in [-0.2, -0.15) is 0 Å². The van der Waals surface area contributed by atoms with Crippen LogP contribution < -0.4 is 5.32 Å². The number of carbonyl (C=O) groups is 2. The lowest BCUT2D eigenvalue weighted by molar-refractivity contribution is -0.119. The first kappa shape index (κ1) is 17.4. The zero-order chi connectivity index (χ0) is 16.8. The third-order valence-electron chi connectivity index (χ3n) is 2.99. The predicted molar refractivity (Wildman–Crippen MR) is 91.9 cm³/mol. The maximum atomic E-state index is 12.3. The highest BCUT2D eigenvalue weighted by molar-refractivity contribution is 7.99. The third-order valence-corrected chi connectivity index (χ3v) is 5.09. The van der Waals surface area contributed by atoms with Gasteiger partial charge in [-0.3, -0.25) is 9.59 Å². The molecule has 2 rings (SSSR count). The highest BCUT2D eigenvalue weighted by atomic mass is 32.2. The first-order valence-corrected chi connectivity index (χ1v) is 8.81. The molecule has 1 amide bonds. The summed E-state index contributed by atoms with van der Waals surface area (Å²) >= 11 is 2.77. The predicted octanol–water partition coefficient (Wildman–Crippen LogP) is 2.45. The van der Waals surface area contributed by atoms with E-state index in [-0.39, 0.29) is 11.7 Å². The summed E-state index contributed by atoms with van der Waals surface area (Å²) in [5.41, 5.74) is 0. The maximum absolute atomic E-state index is 12.3. The third kappa shape index (κ3) is 4.77. The van der Waals surface area contributed by atoms with Crippen LogP contribution in [0.5, 0.6) is 0 Å². The van der Waals surface area contributed by atoms with E-state index in [1.807, 2.05) is 17.6 Å². The molecule has 0 radical (unpaired) electrons. The lowest BCUT2D eigenvalue weighted by Crippen LogP contribution is -2.18. The number of carbonyl (C=O) groups excluding carboxylic acids is 2. The smallest absolute Gasteiger partial charge is 0.217 e. The summed E-state index contributed by atoms with van der Waals surface area (Å²) in [5.74, 6) is 1.06. The van der Waals surface area contributed by atoms with Crippen LogP contribution in [-0.4, -0.2) is 32.2 Å². The van der Waals surface area contributed by atoms with Gasteiger partial charge in [0.25, 0.3) is 0 Å². The SMILES string of the molecule is C=CCn1c(C)nnc1SCC(=O)c1ccc(CNC(C)=O)s1. The van der Waals surface area contributed by atoms with E-state index in [0.717, 1.165) is 10.7 Å². The van der Waals surface area contributed by atoms with Crippen molar-refractivity contribution in [1.82, 2.24) is 20.1 Å². The number of aromatic nitrogens is 3. The Bertz CT molecular complexity index is 721. The summed E-state index contributed by atoms with van der Waals surface area (Å²) in [6, 6.07) is 3.66. The molecule has 0 spiro atoms. The molecule has 122 valence electrons. The minimum Gasteiger partial charge on any atom is -0.351 e. The number of nitrogens with one attached hydrogen (secondary N) is 1. The van der Waals surface area contributed by atoms with Gasteiger partial charge in [-0.05, 0) is 19.1 Å². The number of nitrogens with zero attached hydrogens (tertiary/aromatic N) is 3. The molecule has 0 bridgehead atoms. The number of hydrogen-bond acceptors (Lipinski definition) is 6. The Morgan fingerprint density at radius 1 is 1.43 bits per heavy atom. The summed E-state index contributed by atoms with van der Waals surface area (Å²) in [6.45, 7) is 8.13. The monoisotopic (exact) mass is 350 g/mol. The number of hydrogen-bond donors (Lipinski definition) is 1. The van der Waals surface area contributed by atoms with Crippen LogP contribution in [0.4, 0.5) is 0 Å². The first-order valence-electron chi connectivity index (χ1n) is 7.01. The molecule has 23 heavy (non-hydrogen) atoms. The van der Waals surface area contributed by atoms with Gasteiger partial charge in [0.05, 0.1) is 17.2 Å². The Kier molecular flexibility index (Phi) is 6.12. The van der Waals surface area contributed by atoms with E-state index in [1.165, 1.54) is 30.0 Å². The van der Waals surface area contributed by atoms with E-state index in [2.05, 4.69) is 22.1 Å². The van der Waals surface area contributed by atoms with Crippen LogP contribution >= 0.6 is 23.1 Å². The highest BCUT2D eigenvalue weighted by Crippen LogP contribution is 2.22. The largest absolute Gasteiger partial charge is 0.351 e. The molecule has 0 saturated heterocycles. The fraction of sp³-hybridized carbons (Fsp3) is 0.333. The molecule has 0 aromatic carbocycles. The number of thiophene rings is 1. The number of amides is 1. The van der Waals surface area contributed by atoms with Crippen molar-refractivity contribution < 1.29 is 9.59 Å². The van der Waals surface area contributed by atoms with Gasteiger partial charge >= 0.3 is 0 Å². The molecule has 8 heteroatoms. The van der Waals surface area contributed by atoms with Crippen molar-refractivity contribution in [3.8, 4) is 0 Å². The van der Waals surface area contributed by atoms with Gasteiger partial charge in [-0.1, -0.05) is 17.8 Å². The van der Waals surface area contributed by atoms with Gasteiger partial charge < -0.3 is 9.88 Å². The molecule has 0 atom stereocenters. The second-order valence-electron chi connectivity index (χ2n) is 4.82. The molecule has 2 aromatic rings. The van der Waals surface area contributed by atoms with E-state index in [4.69, 9.17) is 0 Å². The van der Waals surface area contributed by atoms with E-state index in [0.29, 0.717) is 28.9 Å². The van der Waals surface area contributed by atoms with Gasteiger partial charge in [0.15, 0.2) is 10.9 Å². The Labute approximate surface area is 143 Å². The lowest BCUT2D eigenvalue weighted by atomic mass is 10.3. The molecular formula is C15H18N4O2S2. The zero-order valence-corrected chi connectivity index (χ0v) is 14.7. The minimum atomic E-state index is -0.0845. The van der Waals surface area contributed by atoms with Crippen molar-refractivity contribution in [2.24, 2.45) is 0 Å². The maximum Gasteiger partial charge on any atom is 0.217 e. The quantitative estimate of drug-likeness (QED) is 0.449. The van der Waals surface area contributed by atoms with Crippen molar-refractivity contribution in [1.29, 1.82) is 0 Å². The van der Waals surface area contributed by atoms with Crippen LogP contribution in [0.2, 0.25) is 0 Å². The number of thioether (sulfide) groups is 1.